The van der Waals surface area contributed by atoms with Crippen molar-refractivity contribution in [3.05, 3.63) is 0 Å². The Bertz CT molecular complexity index is 239. The van der Waals surface area contributed by atoms with E-state index in [1.54, 1.807) is 4.90 Å². The lowest BCUT2D eigenvalue weighted by Crippen LogP contribution is -2.32. The van der Waals surface area contributed by atoms with Crippen LogP contribution in [-0.2, 0) is 4.74 Å². The average molecular weight is 299 g/mol. The third-order valence-corrected chi connectivity index (χ3v) is 4.15. The molecule has 1 unspecified atom stereocenters. The second-order valence-corrected chi connectivity index (χ2v) is 5.96. The highest BCUT2D eigenvalue weighted by atomic mass is 16.6. The van der Waals surface area contributed by atoms with Crippen LogP contribution in [-0.4, -0.2) is 30.7 Å². The van der Waals surface area contributed by atoms with Crippen molar-refractivity contribution in [3.8, 4) is 0 Å². The fraction of sp³-hybridized carbons (Fsp3) is 0.944. The summed E-state index contributed by atoms with van der Waals surface area (Å²) in [6.45, 7) is 10.5. The molecule has 3 nitrogen and oxygen atoms in total. The van der Waals surface area contributed by atoms with Crippen LogP contribution in [0.2, 0.25) is 0 Å². The van der Waals surface area contributed by atoms with Gasteiger partial charge in [-0.15, -0.1) is 0 Å². The Morgan fingerprint density at radius 1 is 0.857 bits per heavy atom. The highest BCUT2D eigenvalue weighted by Crippen LogP contribution is 2.18. The van der Waals surface area contributed by atoms with Crippen LogP contribution in [0.4, 0.5) is 4.79 Å². The minimum atomic E-state index is -0.144. The topological polar surface area (TPSA) is 29.5 Å². The van der Waals surface area contributed by atoms with Crippen molar-refractivity contribution in [2.24, 2.45) is 5.92 Å². The van der Waals surface area contributed by atoms with Gasteiger partial charge in [-0.3, -0.25) is 0 Å². The minimum absolute atomic E-state index is 0.144. The number of unbranched alkanes of at least 4 members (excludes halogenated alkanes) is 5. The van der Waals surface area contributed by atoms with Crippen molar-refractivity contribution in [2.75, 3.05) is 19.7 Å². The maximum atomic E-state index is 11.9. The van der Waals surface area contributed by atoms with E-state index in [9.17, 15) is 4.79 Å². The molecule has 0 saturated carbocycles. The highest BCUT2D eigenvalue weighted by molar-refractivity contribution is 5.67. The first-order valence-corrected chi connectivity index (χ1v) is 9.11. The molecule has 0 aliphatic heterocycles. The average Bonchev–Trinajstić information content (AvgIpc) is 2.49. The van der Waals surface area contributed by atoms with Crippen LogP contribution in [0.25, 0.3) is 0 Å². The molecule has 0 aliphatic rings. The number of hydrogen-bond acceptors (Lipinski definition) is 2. The van der Waals surface area contributed by atoms with Crippen molar-refractivity contribution < 1.29 is 9.53 Å². The zero-order valence-electron chi connectivity index (χ0n) is 14.8. The van der Waals surface area contributed by atoms with E-state index in [-0.39, 0.29) is 6.09 Å². The number of amides is 1. The van der Waals surface area contributed by atoms with Gasteiger partial charge in [-0.05, 0) is 32.6 Å². The molecule has 1 atom stereocenters. The number of nitrogens with zero attached hydrogens (tertiary/aromatic N) is 1. The molecule has 0 rings (SSSR count). The molecule has 21 heavy (non-hydrogen) atoms. The standard InChI is InChI=1S/C18H37NO2/c1-5-9-11-13-15-17(14-12-10-6-2)16-21-18(20)19(7-3)8-4/h17H,5-16H2,1-4H3. The highest BCUT2D eigenvalue weighted by Gasteiger charge is 2.15. The predicted molar refractivity (Wildman–Crippen MR) is 90.7 cm³/mol. The number of carbonyl (C=O) groups excluding carboxylic acids is 1. The molecule has 0 radical (unpaired) electrons. The SMILES string of the molecule is CCCCCCC(CCCCC)COC(=O)N(CC)CC. The van der Waals surface area contributed by atoms with Gasteiger partial charge in [0.15, 0.2) is 0 Å². The van der Waals surface area contributed by atoms with Crippen LogP contribution in [0, 0.1) is 5.92 Å². The number of carbonyl (C=O) groups is 1. The number of ether oxygens (including phenoxy) is 1. The van der Waals surface area contributed by atoms with Gasteiger partial charge in [0.1, 0.15) is 0 Å². The lowest BCUT2D eigenvalue weighted by Gasteiger charge is -2.21. The van der Waals surface area contributed by atoms with Crippen LogP contribution < -0.4 is 0 Å². The van der Waals surface area contributed by atoms with Crippen molar-refractivity contribution in [3.63, 3.8) is 0 Å². The third-order valence-electron chi connectivity index (χ3n) is 4.15. The first-order chi connectivity index (χ1) is 10.2. The van der Waals surface area contributed by atoms with Gasteiger partial charge in [-0.1, -0.05) is 58.8 Å². The molecule has 0 N–H and O–H groups in total. The summed E-state index contributed by atoms with van der Waals surface area (Å²) in [5.74, 6) is 0.549. The van der Waals surface area contributed by atoms with Crippen LogP contribution in [0.15, 0.2) is 0 Å². The summed E-state index contributed by atoms with van der Waals surface area (Å²) >= 11 is 0. The van der Waals surface area contributed by atoms with E-state index >= 15 is 0 Å². The van der Waals surface area contributed by atoms with Gasteiger partial charge in [0.2, 0.25) is 0 Å². The first kappa shape index (κ1) is 20.3. The van der Waals surface area contributed by atoms with Crippen LogP contribution in [0.3, 0.4) is 0 Å². The maximum Gasteiger partial charge on any atom is 0.409 e. The summed E-state index contributed by atoms with van der Waals surface area (Å²) in [7, 11) is 0. The first-order valence-electron chi connectivity index (χ1n) is 9.11. The molecular formula is C18H37NO2. The van der Waals surface area contributed by atoms with E-state index in [0.717, 1.165) is 13.1 Å². The fourth-order valence-corrected chi connectivity index (χ4v) is 2.62. The van der Waals surface area contributed by atoms with E-state index in [1.165, 1.54) is 57.8 Å². The van der Waals surface area contributed by atoms with Crippen LogP contribution >= 0.6 is 0 Å². The Labute approximate surface area is 132 Å². The quantitative estimate of drug-likeness (QED) is 0.412. The van der Waals surface area contributed by atoms with Gasteiger partial charge in [0.25, 0.3) is 0 Å². The summed E-state index contributed by atoms with van der Waals surface area (Å²) in [6, 6.07) is 0. The van der Waals surface area contributed by atoms with Gasteiger partial charge in [-0.2, -0.15) is 0 Å². The molecule has 0 aromatic carbocycles. The fourth-order valence-electron chi connectivity index (χ4n) is 2.62. The summed E-state index contributed by atoms with van der Waals surface area (Å²) in [5.41, 5.74) is 0. The molecule has 0 heterocycles. The van der Waals surface area contributed by atoms with Gasteiger partial charge in [0, 0.05) is 13.1 Å². The summed E-state index contributed by atoms with van der Waals surface area (Å²) < 4.78 is 5.52. The van der Waals surface area contributed by atoms with E-state index in [4.69, 9.17) is 4.74 Å². The minimum Gasteiger partial charge on any atom is -0.449 e. The summed E-state index contributed by atoms with van der Waals surface area (Å²) in [6.07, 6.45) is 11.2. The molecule has 0 aliphatic carbocycles. The molecule has 0 bridgehead atoms. The van der Waals surface area contributed by atoms with Crippen LogP contribution in [0.5, 0.6) is 0 Å². The molecule has 0 aromatic heterocycles. The lowest BCUT2D eigenvalue weighted by atomic mass is 9.95. The number of rotatable bonds is 13. The van der Waals surface area contributed by atoms with Crippen molar-refractivity contribution in [1.82, 2.24) is 4.90 Å². The van der Waals surface area contributed by atoms with Gasteiger partial charge >= 0.3 is 6.09 Å². The molecule has 0 fully saturated rings. The monoisotopic (exact) mass is 299 g/mol. The van der Waals surface area contributed by atoms with E-state index < -0.39 is 0 Å². The number of hydrogen-bond donors (Lipinski definition) is 0. The normalized spacial score (nSPS) is 12.2. The predicted octanol–water partition coefficient (Wildman–Crippen LogP) is 5.63. The van der Waals surface area contributed by atoms with E-state index in [2.05, 4.69) is 13.8 Å². The summed E-state index contributed by atoms with van der Waals surface area (Å²) in [5, 5.41) is 0. The zero-order chi connectivity index (χ0) is 15.9. The van der Waals surface area contributed by atoms with Gasteiger partial charge in [0.05, 0.1) is 6.61 Å². The Hall–Kier alpha value is -0.730. The van der Waals surface area contributed by atoms with Crippen molar-refractivity contribution in [2.45, 2.75) is 85.5 Å². The van der Waals surface area contributed by atoms with Crippen molar-refractivity contribution >= 4 is 6.09 Å². The molecule has 1 amide bonds. The maximum absolute atomic E-state index is 11.9. The van der Waals surface area contributed by atoms with Crippen LogP contribution in [0.1, 0.15) is 85.5 Å². The van der Waals surface area contributed by atoms with Crippen molar-refractivity contribution in [1.29, 1.82) is 0 Å². The Morgan fingerprint density at radius 2 is 1.38 bits per heavy atom. The lowest BCUT2D eigenvalue weighted by molar-refractivity contribution is 0.0863. The van der Waals surface area contributed by atoms with E-state index in [1.807, 2.05) is 13.8 Å². The third kappa shape index (κ3) is 10.6. The summed E-state index contributed by atoms with van der Waals surface area (Å²) in [4.78, 5) is 13.7. The second kappa shape index (κ2) is 14.2. The second-order valence-electron chi connectivity index (χ2n) is 5.96. The van der Waals surface area contributed by atoms with E-state index in [0.29, 0.717) is 12.5 Å². The molecule has 0 aromatic rings. The molecular weight excluding hydrogens is 262 g/mol. The Kier molecular flexibility index (Phi) is 13.7. The smallest absolute Gasteiger partial charge is 0.409 e. The Morgan fingerprint density at radius 3 is 1.90 bits per heavy atom. The zero-order valence-corrected chi connectivity index (χ0v) is 14.8. The molecule has 0 saturated heterocycles. The Balaban J connectivity index is 4.08. The molecule has 0 spiro atoms. The van der Waals surface area contributed by atoms with Gasteiger partial charge in [-0.25, -0.2) is 4.79 Å². The molecule has 126 valence electrons. The largest absolute Gasteiger partial charge is 0.449 e. The van der Waals surface area contributed by atoms with Gasteiger partial charge < -0.3 is 9.64 Å². The molecule has 3 heteroatoms.